The summed E-state index contributed by atoms with van der Waals surface area (Å²) in [6.45, 7) is 11.7. The summed E-state index contributed by atoms with van der Waals surface area (Å²) in [5.41, 5.74) is 0. The molecule has 2 aliphatic heterocycles. The summed E-state index contributed by atoms with van der Waals surface area (Å²) in [7, 11) is 0. The first-order chi connectivity index (χ1) is 12.6. The van der Waals surface area contributed by atoms with Gasteiger partial charge in [-0.2, -0.15) is 0 Å². The monoisotopic (exact) mass is 359 g/mol. The Hall–Kier alpha value is -1.63. The van der Waals surface area contributed by atoms with Crippen molar-refractivity contribution in [3.05, 3.63) is 11.6 Å². The first-order valence-corrected chi connectivity index (χ1v) is 10.3. The summed E-state index contributed by atoms with van der Waals surface area (Å²) in [6, 6.07) is 1.36. The summed E-state index contributed by atoms with van der Waals surface area (Å²) in [6.07, 6.45) is 4.94. The zero-order valence-electron chi connectivity index (χ0n) is 16.4. The molecule has 1 saturated carbocycles. The summed E-state index contributed by atoms with van der Waals surface area (Å²) >= 11 is 0. The van der Waals surface area contributed by atoms with E-state index in [9.17, 15) is 0 Å². The molecular formula is C19H33N7. The van der Waals surface area contributed by atoms with Crippen molar-refractivity contribution >= 4 is 5.96 Å². The number of nitrogens with one attached hydrogen (secondary N) is 2. The summed E-state index contributed by atoms with van der Waals surface area (Å²) in [5.74, 6) is 4.38. The highest BCUT2D eigenvalue weighted by molar-refractivity contribution is 5.80. The van der Waals surface area contributed by atoms with Crippen molar-refractivity contribution < 1.29 is 0 Å². The largest absolute Gasteiger partial charge is 0.357 e. The Morgan fingerprint density at radius 1 is 1.19 bits per heavy atom. The Morgan fingerprint density at radius 3 is 2.81 bits per heavy atom. The average Bonchev–Trinajstić information content (AvgIpc) is 3.34. The van der Waals surface area contributed by atoms with E-state index < -0.39 is 0 Å². The van der Waals surface area contributed by atoms with Crippen LogP contribution in [0.2, 0.25) is 0 Å². The number of hydrogen-bond acceptors (Lipinski definition) is 4. The molecule has 3 heterocycles. The van der Waals surface area contributed by atoms with E-state index in [4.69, 9.17) is 4.99 Å². The van der Waals surface area contributed by atoms with Gasteiger partial charge in [0.05, 0.1) is 0 Å². The van der Waals surface area contributed by atoms with Crippen LogP contribution in [0.25, 0.3) is 0 Å². The normalized spacial score (nSPS) is 29.7. The van der Waals surface area contributed by atoms with Gasteiger partial charge in [-0.05, 0) is 44.9 Å². The topological polar surface area (TPSA) is 70.4 Å². The van der Waals surface area contributed by atoms with Gasteiger partial charge in [0.2, 0.25) is 0 Å². The van der Waals surface area contributed by atoms with Gasteiger partial charge in [0.15, 0.2) is 5.96 Å². The van der Waals surface area contributed by atoms with Crippen molar-refractivity contribution in [3.8, 4) is 0 Å². The number of rotatable bonds is 5. The Kier molecular flexibility index (Phi) is 5.16. The van der Waals surface area contributed by atoms with Crippen molar-refractivity contribution in [3.63, 3.8) is 0 Å². The molecule has 0 radical (unpaired) electrons. The highest BCUT2D eigenvalue weighted by Crippen LogP contribution is 2.31. The number of aromatic nitrogens is 3. The minimum atomic E-state index is 0.506. The fourth-order valence-corrected chi connectivity index (χ4v) is 4.33. The minimum absolute atomic E-state index is 0.506. The van der Waals surface area contributed by atoms with Gasteiger partial charge in [-0.15, -0.1) is 10.2 Å². The fourth-order valence-electron chi connectivity index (χ4n) is 4.33. The van der Waals surface area contributed by atoms with Gasteiger partial charge in [0.25, 0.3) is 0 Å². The molecule has 3 unspecified atom stereocenters. The van der Waals surface area contributed by atoms with Gasteiger partial charge in [-0.25, -0.2) is 0 Å². The quantitative estimate of drug-likeness (QED) is 0.610. The third kappa shape index (κ3) is 3.87. The molecule has 2 fully saturated rings. The molecule has 4 rings (SSSR count). The number of hydrogen-bond donors (Lipinski definition) is 2. The van der Waals surface area contributed by atoms with Gasteiger partial charge in [0.1, 0.15) is 11.6 Å². The van der Waals surface area contributed by atoms with E-state index in [1.54, 1.807) is 0 Å². The number of guanidine groups is 1. The van der Waals surface area contributed by atoms with Gasteiger partial charge < -0.3 is 15.2 Å². The van der Waals surface area contributed by atoms with E-state index in [0.29, 0.717) is 17.9 Å². The van der Waals surface area contributed by atoms with E-state index in [1.807, 2.05) is 6.92 Å². The highest BCUT2D eigenvalue weighted by atomic mass is 15.3. The lowest BCUT2D eigenvalue weighted by Crippen LogP contribution is -2.47. The molecule has 0 bridgehead atoms. The van der Waals surface area contributed by atoms with Crippen LogP contribution in [0.5, 0.6) is 0 Å². The standard InChI is InChI=1S/C19H33N7/c1-4-20-19(22-17-12-25(10-13(17)2)16-6-7-16)21-9-15-5-8-18-24-23-14(3)26(18)11-15/h13,15-17H,4-12H2,1-3H3,(H2,20,21,22). The lowest BCUT2D eigenvalue weighted by atomic mass is 9.99. The fraction of sp³-hybridized carbons (Fsp3) is 0.842. The van der Waals surface area contributed by atoms with Gasteiger partial charge >= 0.3 is 0 Å². The van der Waals surface area contributed by atoms with Crippen LogP contribution in [0.4, 0.5) is 0 Å². The molecule has 1 aromatic rings. The summed E-state index contributed by atoms with van der Waals surface area (Å²) < 4.78 is 2.26. The number of likely N-dealkylation sites (tertiary alicyclic amines) is 1. The average molecular weight is 360 g/mol. The minimum Gasteiger partial charge on any atom is -0.357 e. The number of aryl methyl sites for hydroxylation is 2. The third-order valence-corrected chi connectivity index (χ3v) is 6.11. The molecule has 2 N–H and O–H groups in total. The van der Waals surface area contributed by atoms with Crippen LogP contribution in [0.3, 0.4) is 0 Å². The predicted octanol–water partition coefficient (Wildman–Crippen LogP) is 1.19. The molecule has 0 aromatic carbocycles. The van der Waals surface area contributed by atoms with Crippen molar-refractivity contribution in [1.29, 1.82) is 0 Å². The maximum absolute atomic E-state index is 4.93. The SMILES string of the molecule is CCNC(=NCC1CCc2nnc(C)n2C1)NC1CN(C2CC2)CC1C. The molecule has 0 spiro atoms. The maximum atomic E-state index is 4.93. The van der Waals surface area contributed by atoms with Gasteiger partial charge in [-0.3, -0.25) is 9.89 Å². The lowest BCUT2D eigenvalue weighted by molar-refractivity contribution is 0.315. The second-order valence-corrected chi connectivity index (χ2v) is 8.31. The van der Waals surface area contributed by atoms with E-state index in [0.717, 1.165) is 62.7 Å². The molecule has 1 saturated heterocycles. The second-order valence-electron chi connectivity index (χ2n) is 8.31. The molecule has 1 aromatic heterocycles. The van der Waals surface area contributed by atoms with Gasteiger partial charge in [-0.1, -0.05) is 6.92 Å². The zero-order valence-corrected chi connectivity index (χ0v) is 16.4. The number of fused-ring (bicyclic) bond motifs is 1. The Balaban J connectivity index is 1.35. The summed E-state index contributed by atoms with van der Waals surface area (Å²) in [5, 5.41) is 15.6. The third-order valence-electron chi connectivity index (χ3n) is 6.11. The van der Waals surface area contributed by atoms with E-state index in [2.05, 4.69) is 44.1 Å². The molecule has 0 amide bonds. The molecule has 26 heavy (non-hydrogen) atoms. The van der Waals surface area contributed by atoms with Crippen LogP contribution in [0.1, 0.15) is 44.8 Å². The van der Waals surface area contributed by atoms with Crippen molar-refractivity contribution in [2.45, 2.75) is 65.1 Å². The Morgan fingerprint density at radius 2 is 2.04 bits per heavy atom. The smallest absolute Gasteiger partial charge is 0.191 e. The predicted molar refractivity (Wildman–Crippen MR) is 103 cm³/mol. The van der Waals surface area contributed by atoms with Crippen molar-refractivity contribution in [2.75, 3.05) is 26.2 Å². The Labute approximate surface area is 156 Å². The van der Waals surface area contributed by atoms with E-state index >= 15 is 0 Å². The Bertz CT molecular complexity index is 648. The number of aliphatic imine (C=N–C) groups is 1. The molecular weight excluding hydrogens is 326 g/mol. The summed E-state index contributed by atoms with van der Waals surface area (Å²) in [4.78, 5) is 7.59. The van der Waals surface area contributed by atoms with Crippen LogP contribution in [-0.4, -0.2) is 63.9 Å². The van der Waals surface area contributed by atoms with Crippen LogP contribution in [0, 0.1) is 18.8 Å². The van der Waals surface area contributed by atoms with Crippen molar-refractivity contribution in [1.82, 2.24) is 30.3 Å². The van der Waals surface area contributed by atoms with E-state index in [1.165, 1.54) is 19.4 Å². The molecule has 144 valence electrons. The highest BCUT2D eigenvalue weighted by Gasteiger charge is 2.38. The van der Waals surface area contributed by atoms with Crippen LogP contribution < -0.4 is 10.6 Å². The molecule has 3 aliphatic rings. The molecule has 7 nitrogen and oxygen atoms in total. The van der Waals surface area contributed by atoms with E-state index in [-0.39, 0.29) is 0 Å². The van der Waals surface area contributed by atoms with Crippen molar-refractivity contribution in [2.24, 2.45) is 16.8 Å². The first kappa shape index (κ1) is 17.8. The van der Waals surface area contributed by atoms with Crippen LogP contribution >= 0.6 is 0 Å². The second kappa shape index (κ2) is 7.55. The van der Waals surface area contributed by atoms with Gasteiger partial charge in [0, 0.05) is 51.2 Å². The maximum Gasteiger partial charge on any atom is 0.191 e. The first-order valence-electron chi connectivity index (χ1n) is 10.3. The zero-order chi connectivity index (χ0) is 18.1. The molecule has 1 aliphatic carbocycles. The molecule has 7 heteroatoms. The number of nitrogens with zero attached hydrogens (tertiary/aromatic N) is 5. The van der Waals surface area contributed by atoms with Crippen LogP contribution in [0.15, 0.2) is 4.99 Å². The lowest BCUT2D eigenvalue weighted by Gasteiger charge is -2.24. The van der Waals surface area contributed by atoms with Crippen LogP contribution in [-0.2, 0) is 13.0 Å². The molecule has 3 atom stereocenters.